The van der Waals surface area contributed by atoms with Crippen molar-refractivity contribution >= 4 is 17.0 Å². The highest BCUT2D eigenvalue weighted by Gasteiger charge is 2.28. The summed E-state index contributed by atoms with van der Waals surface area (Å²) >= 11 is 0. The molecule has 4 rings (SSSR count). The van der Waals surface area contributed by atoms with Gasteiger partial charge in [0, 0.05) is 25.2 Å². The van der Waals surface area contributed by atoms with Crippen molar-refractivity contribution in [1.29, 1.82) is 0 Å². The molecule has 0 aliphatic carbocycles. The average Bonchev–Trinajstić information content (AvgIpc) is 3.10. The summed E-state index contributed by atoms with van der Waals surface area (Å²) in [4.78, 5) is 35.5. The van der Waals surface area contributed by atoms with Gasteiger partial charge >= 0.3 is 12.1 Å². The molecule has 134 valence electrons. The Labute approximate surface area is 146 Å². The predicted octanol–water partition coefficient (Wildman–Crippen LogP) is 1.69. The Bertz CT molecular complexity index is 1010. The Morgan fingerprint density at radius 3 is 3.12 bits per heavy atom. The Hall–Kier alpha value is -3.43. The zero-order valence-corrected chi connectivity index (χ0v) is 13.7. The van der Waals surface area contributed by atoms with Crippen LogP contribution in [0.4, 0.5) is 4.79 Å². The van der Waals surface area contributed by atoms with Gasteiger partial charge in [-0.05, 0) is 18.9 Å². The molecule has 10 nitrogen and oxygen atoms in total. The topological polar surface area (TPSA) is 137 Å². The summed E-state index contributed by atoms with van der Waals surface area (Å²) in [7, 11) is 0. The lowest BCUT2D eigenvalue weighted by atomic mass is 9.95. The molecule has 26 heavy (non-hydrogen) atoms. The van der Waals surface area contributed by atoms with Crippen molar-refractivity contribution in [2.45, 2.75) is 18.8 Å². The van der Waals surface area contributed by atoms with Crippen molar-refractivity contribution in [2.24, 2.45) is 0 Å². The van der Waals surface area contributed by atoms with Crippen LogP contribution in [0.5, 0.6) is 11.8 Å². The van der Waals surface area contributed by atoms with E-state index in [1.165, 1.54) is 23.5 Å². The molecule has 0 spiro atoms. The number of aromatic nitrogens is 5. The molecule has 0 unspecified atom stereocenters. The lowest BCUT2D eigenvalue weighted by molar-refractivity contribution is 0.129. The smallest absolute Gasteiger partial charge is 0.407 e. The second kappa shape index (κ2) is 6.47. The summed E-state index contributed by atoms with van der Waals surface area (Å²) in [6.07, 6.45) is 5.12. The highest BCUT2D eigenvalue weighted by molar-refractivity contribution is 5.76. The molecule has 1 aliphatic heterocycles. The molecule has 10 heteroatoms. The van der Waals surface area contributed by atoms with Crippen LogP contribution in [0.3, 0.4) is 0 Å². The number of aromatic amines is 2. The first-order valence-corrected chi connectivity index (χ1v) is 8.15. The van der Waals surface area contributed by atoms with Gasteiger partial charge in [0.2, 0.25) is 0 Å². The second-order valence-corrected chi connectivity index (χ2v) is 6.08. The van der Waals surface area contributed by atoms with Gasteiger partial charge in [-0.25, -0.2) is 4.79 Å². The quantitative estimate of drug-likeness (QED) is 0.649. The van der Waals surface area contributed by atoms with E-state index in [9.17, 15) is 14.7 Å². The van der Waals surface area contributed by atoms with E-state index in [4.69, 9.17) is 4.74 Å². The number of hydrogen-bond acceptors (Lipinski definition) is 6. The fraction of sp³-hybridized carbons (Fsp3) is 0.312. The highest BCUT2D eigenvalue weighted by Crippen LogP contribution is 2.33. The first-order valence-electron chi connectivity index (χ1n) is 8.15. The van der Waals surface area contributed by atoms with E-state index in [1.807, 2.05) is 0 Å². The number of nitrogens with zero attached hydrogens (tertiary/aromatic N) is 4. The van der Waals surface area contributed by atoms with Crippen molar-refractivity contribution in [3.63, 3.8) is 0 Å². The minimum Gasteiger partial charge on any atom is -0.465 e. The summed E-state index contributed by atoms with van der Waals surface area (Å²) in [5.41, 5.74) is 0.781. The van der Waals surface area contributed by atoms with Crippen LogP contribution >= 0.6 is 0 Å². The third kappa shape index (κ3) is 2.96. The van der Waals surface area contributed by atoms with E-state index in [0.717, 1.165) is 12.8 Å². The number of carbonyl (C=O) groups is 1. The molecule has 0 aromatic carbocycles. The number of rotatable bonds is 3. The van der Waals surface area contributed by atoms with Crippen molar-refractivity contribution < 1.29 is 14.6 Å². The van der Waals surface area contributed by atoms with E-state index >= 15 is 0 Å². The fourth-order valence-corrected chi connectivity index (χ4v) is 3.17. The van der Waals surface area contributed by atoms with Crippen LogP contribution in [0.25, 0.3) is 10.9 Å². The summed E-state index contributed by atoms with van der Waals surface area (Å²) in [5.74, 6) is 0.347. The first kappa shape index (κ1) is 16.1. The number of piperidine rings is 1. The summed E-state index contributed by atoms with van der Waals surface area (Å²) in [6, 6.07) is 1.61. The number of amides is 1. The van der Waals surface area contributed by atoms with Gasteiger partial charge in [-0.2, -0.15) is 10.1 Å². The van der Waals surface area contributed by atoms with Crippen LogP contribution in [0, 0.1) is 0 Å². The zero-order chi connectivity index (χ0) is 18.1. The van der Waals surface area contributed by atoms with Crippen LogP contribution in [-0.2, 0) is 0 Å². The van der Waals surface area contributed by atoms with E-state index in [0.29, 0.717) is 35.4 Å². The Morgan fingerprint density at radius 1 is 1.38 bits per heavy atom. The molecule has 1 saturated heterocycles. The summed E-state index contributed by atoms with van der Waals surface area (Å²) < 4.78 is 5.73. The van der Waals surface area contributed by atoms with Crippen LogP contribution in [0.1, 0.15) is 24.5 Å². The molecule has 1 amide bonds. The maximum Gasteiger partial charge on any atom is 0.407 e. The van der Waals surface area contributed by atoms with Gasteiger partial charge in [0.15, 0.2) is 5.75 Å². The average molecular weight is 356 g/mol. The molecule has 3 aromatic heterocycles. The Kier molecular flexibility index (Phi) is 3.99. The minimum absolute atomic E-state index is 0.0315. The van der Waals surface area contributed by atoms with Crippen molar-refractivity contribution in [3.8, 4) is 11.8 Å². The number of carboxylic acid groups (broad SMARTS) is 1. The molecule has 0 bridgehead atoms. The largest absolute Gasteiger partial charge is 0.465 e. The van der Waals surface area contributed by atoms with Gasteiger partial charge in [-0.1, -0.05) is 0 Å². The molecule has 3 aromatic rings. The van der Waals surface area contributed by atoms with Crippen LogP contribution in [-0.4, -0.2) is 54.3 Å². The van der Waals surface area contributed by atoms with Gasteiger partial charge in [-0.15, -0.1) is 0 Å². The number of pyridine rings is 1. The maximum atomic E-state index is 12.1. The Morgan fingerprint density at radius 2 is 2.27 bits per heavy atom. The molecule has 4 heterocycles. The van der Waals surface area contributed by atoms with Crippen LogP contribution in [0.2, 0.25) is 0 Å². The third-order valence-corrected chi connectivity index (χ3v) is 4.43. The van der Waals surface area contributed by atoms with Gasteiger partial charge in [0.25, 0.3) is 5.56 Å². The van der Waals surface area contributed by atoms with Crippen LogP contribution < -0.4 is 10.3 Å². The molecular weight excluding hydrogens is 340 g/mol. The number of hydrogen-bond donors (Lipinski definition) is 3. The predicted molar refractivity (Wildman–Crippen MR) is 90.4 cm³/mol. The number of nitrogens with one attached hydrogen (secondary N) is 2. The van der Waals surface area contributed by atoms with E-state index in [1.54, 1.807) is 6.07 Å². The molecule has 0 saturated carbocycles. The van der Waals surface area contributed by atoms with E-state index in [2.05, 4.69) is 25.1 Å². The van der Waals surface area contributed by atoms with Crippen molar-refractivity contribution in [2.75, 3.05) is 13.1 Å². The zero-order valence-electron chi connectivity index (χ0n) is 13.7. The van der Waals surface area contributed by atoms with Gasteiger partial charge in [0.05, 0.1) is 29.0 Å². The SMILES string of the molecule is O=C(O)N1CCC[C@@H](c2[nH]ncc2Oc2nc3cnccc3c(=O)[nH]2)C1. The molecule has 1 atom stereocenters. The lowest BCUT2D eigenvalue weighted by Gasteiger charge is -2.30. The van der Waals surface area contributed by atoms with Crippen molar-refractivity contribution in [3.05, 3.63) is 40.7 Å². The normalized spacial score (nSPS) is 17.4. The lowest BCUT2D eigenvalue weighted by Crippen LogP contribution is -2.38. The summed E-state index contributed by atoms with van der Waals surface area (Å²) in [6.45, 7) is 0.877. The molecule has 0 radical (unpaired) electrons. The molecule has 1 aliphatic rings. The van der Waals surface area contributed by atoms with Crippen molar-refractivity contribution in [1.82, 2.24) is 30.0 Å². The first-order chi connectivity index (χ1) is 12.6. The van der Waals surface area contributed by atoms with E-state index in [-0.39, 0.29) is 17.5 Å². The molecule has 3 N–H and O–H groups in total. The van der Waals surface area contributed by atoms with E-state index < -0.39 is 6.09 Å². The number of likely N-dealkylation sites (tertiary alicyclic amines) is 1. The number of fused-ring (bicyclic) bond motifs is 1. The monoisotopic (exact) mass is 356 g/mol. The van der Waals surface area contributed by atoms with Gasteiger partial charge in [0.1, 0.15) is 0 Å². The van der Waals surface area contributed by atoms with Gasteiger partial charge in [-0.3, -0.25) is 19.9 Å². The Balaban J connectivity index is 1.62. The molecule has 1 fully saturated rings. The third-order valence-electron chi connectivity index (χ3n) is 4.43. The second-order valence-electron chi connectivity index (χ2n) is 6.08. The number of ether oxygens (including phenoxy) is 1. The molecular formula is C16H16N6O4. The number of H-pyrrole nitrogens is 2. The minimum atomic E-state index is -0.940. The highest BCUT2D eigenvalue weighted by atomic mass is 16.5. The summed E-state index contributed by atoms with van der Waals surface area (Å²) in [5, 5.41) is 16.5. The standard InChI is InChI=1S/C16H16N6O4/c23-14-10-3-4-17-6-11(10)19-15(20-14)26-12-7-18-21-13(12)9-2-1-5-22(8-9)16(24)25/h3-4,6-7,9H,1-2,5,8H2,(H,18,21)(H,24,25)(H,19,20,23)/t9-/m1/s1. The maximum absolute atomic E-state index is 12.1. The fourth-order valence-electron chi connectivity index (χ4n) is 3.17. The van der Waals surface area contributed by atoms with Crippen LogP contribution in [0.15, 0.2) is 29.5 Å². The van der Waals surface area contributed by atoms with Gasteiger partial charge < -0.3 is 14.7 Å².